The Labute approximate surface area is 142 Å². The maximum Gasteiger partial charge on any atom is 0.223 e. The number of nitrogens with zero attached hydrogens (tertiary/aromatic N) is 3. The van der Waals surface area contributed by atoms with Crippen LogP contribution in [-0.2, 0) is 11.3 Å². The summed E-state index contributed by atoms with van der Waals surface area (Å²) in [6.45, 7) is 5.97. The number of carbonyl (C=O) groups is 1. The topological polar surface area (TPSA) is 26.8 Å². The average molecular weight is 337 g/mol. The molecule has 0 spiro atoms. The Morgan fingerprint density at radius 1 is 0.875 bits per heavy atom. The zero-order valence-electron chi connectivity index (χ0n) is 14.0. The van der Waals surface area contributed by atoms with Crippen LogP contribution in [0.2, 0.25) is 0 Å². The maximum absolute atomic E-state index is 13.8. The molecule has 1 aromatic carbocycles. The van der Waals surface area contributed by atoms with Gasteiger partial charge in [-0.2, -0.15) is 0 Å². The van der Waals surface area contributed by atoms with E-state index in [1.165, 1.54) is 31.0 Å². The van der Waals surface area contributed by atoms with Crippen molar-refractivity contribution in [1.82, 2.24) is 14.7 Å². The fourth-order valence-electron chi connectivity index (χ4n) is 3.48. The quantitative estimate of drug-likeness (QED) is 0.823. The zero-order chi connectivity index (χ0) is 16.9. The van der Waals surface area contributed by atoms with Crippen molar-refractivity contribution in [2.75, 3.05) is 45.8 Å². The molecule has 3 rings (SSSR count). The minimum Gasteiger partial charge on any atom is -0.340 e. The number of amides is 1. The van der Waals surface area contributed by atoms with Crippen LogP contribution in [-0.4, -0.2) is 66.4 Å². The van der Waals surface area contributed by atoms with Gasteiger partial charge in [-0.1, -0.05) is 6.07 Å². The molecule has 0 saturated carbocycles. The van der Waals surface area contributed by atoms with Crippen LogP contribution in [0.4, 0.5) is 8.78 Å². The van der Waals surface area contributed by atoms with Crippen LogP contribution in [0.1, 0.15) is 24.8 Å². The summed E-state index contributed by atoms with van der Waals surface area (Å²) >= 11 is 0. The summed E-state index contributed by atoms with van der Waals surface area (Å²) in [5.41, 5.74) is 0.0930. The van der Waals surface area contributed by atoms with Crippen molar-refractivity contribution >= 4 is 5.91 Å². The van der Waals surface area contributed by atoms with Crippen LogP contribution in [0.5, 0.6) is 0 Å². The van der Waals surface area contributed by atoms with Gasteiger partial charge in [-0.3, -0.25) is 9.69 Å². The second kappa shape index (κ2) is 8.03. The van der Waals surface area contributed by atoms with Gasteiger partial charge in [0, 0.05) is 51.3 Å². The molecule has 2 aliphatic heterocycles. The first-order chi connectivity index (χ1) is 11.6. The molecule has 0 radical (unpaired) electrons. The Hall–Kier alpha value is -1.53. The van der Waals surface area contributed by atoms with E-state index < -0.39 is 11.6 Å². The van der Waals surface area contributed by atoms with Crippen LogP contribution < -0.4 is 0 Å². The van der Waals surface area contributed by atoms with Gasteiger partial charge in [0.25, 0.3) is 0 Å². The highest BCUT2D eigenvalue weighted by molar-refractivity contribution is 5.76. The van der Waals surface area contributed by atoms with E-state index in [9.17, 15) is 13.6 Å². The summed E-state index contributed by atoms with van der Waals surface area (Å²) < 4.78 is 27.6. The van der Waals surface area contributed by atoms with Gasteiger partial charge in [-0.05, 0) is 38.1 Å². The molecule has 2 saturated heterocycles. The van der Waals surface area contributed by atoms with Crippen LogP contribution in [0.25, 0.3) is 0 Å². The highest BCUT2D eigenvalue weighted by Gasteiger charge is 2.23. The van der Waals surface area contributed by atoms with E-state index in [0.717, 1.165) is 26.2 Å². The summed E-state index contributed by atoms with van der Waals surface area (Å²) in [6.07, 6.45) is 2.90. The van der Waals surface area contributed by atoms with Crippen molar-refractivity contribution in [2.45, 2.75) is 25.8 Å². The molecule has 4 nitrogen and oxygen atoms in total. The molecule has 1 amide bonds. The number of likely N-dealkylation sites (tertiary alicyclic amines) is 1. The summed E-state index contributed by atoms with van der Waals surface area (Å²) in [6, 6.07) is 3.94. The van der Waals surface area contributed by atoms with Crippen molar-refractivity contribution in [3.05, 3.63) is 35.4 Å². The smallest absolute Gasteiger partial charge is 0.223 e. The van der Waals surface area contributed by atoms with Crippen molar-refractivity contribution in [1.29, 1.82) is 0 Å². The monoisotopic (exact) mass is 337 g/mol. The Morgan fingerprint density at radius 3 is 2.29 bits per heavy atom. The van der Waals surface area contributed by atoms with E-state index in [0.29, 0.717) is 26.1 Å². The van der Waals surface area contributed by atoms with Gasteiger partial charge < -0.3 is 9.80 Å². The molecule has 0 unspecified atom stereocenters. The third kappa shape index (κ3) is 4.30. The predicted octanol–water partition coefficient (Wildman–Crippen LogP) is 2.09. The number of hydrogen-bond acceptors (Lipinski definition) is 3. The lowest BCUT2D eigenvalue weighted by atomic mass is 10.2. The van der Waals surface area contributed by atoms with Gasteiger partial charge in [0.1, 0.15) is 11.6 Å². The van der Waals surface area contributed by atoms with Crippen LogP contribution in [0, 0.1) is 11.6 Å². The first-order valence-electron chi connectivity index (χ1n) is 8.79. The van der Waals surface area contributed by atoms with Gasteiger partial charge in [-0.15, -0.1) is 0 Å². The molecule has 0 atom stereocenters. The third-order valence-corrected chi connectivity index (χ3v) is 5.01. The Bertz CT molecular complexity index is 555. The second-order valence-corrected chi connectivity index (χ2v) is 6.66. The molecule has 0 N–H and O–H groups in total. The van der Waals surface area contributed by atoms with Crippen molar-refractivity contribution in [2.24, 2.45) is 0 Å². The third-order valence-electron chi connectivity index (χ3n) is 5.01. The van der Waals surface area contributed by atoms with E-state index in [1.54, 1.807) is 0 Å². The second-order valence-electron chi connectivity index (χ2n) is 6.66. The van der Waals surface area contributed by atoms with E-state index in [4.69, 9.17) is 0 Å². The normalized spacial score (nSPS) is 20.6. The number of hydrogen-bond donors (Lipinski definition) is 0. The van der Waals surface area contributed by atoms with E-state index in [1.807, 2.05) is 9.80 Å². The zero-order valence-corrected chi connectivity index (χ0v) is 14.0. The standard InChI is InChI=1S/C18H25F2N3O/c19-16-4-3-5-17(20)15(16)14-22-9-6-18(24)23(13-11-22)12-10-21-7-1-2-8-21/h3-5H,1-2,6-14H2. The lowest BCUT2D eigenvalue weighted by Crippen LogP contribution is -2.39. The summed E-state index contributed by atoms with van der Waals surface area (Å²) in [5, 5.41) is 0. The average Bonchev–Trinajstić information content (AvgIpc) is 3.02. The van der Waals surface area contributed by atoms with Gasteiger partial charge in [-0.25, -0.2) is 8.78 Å². The Morgan fingerprint density at radius 2 is 1.58 bits per heavy atom. The molecule has 0 aromatic heterocycles. The molecular formula is C18H25F2N3O. The van der Waals surface area contributed by atoms with Crippen LogP contribution in [0.15, 0.2) is 18.2 Å². The van der Waals surface area contributed by atoms with Crippen molar-refractivity contribution in [3.8, 4) is 0 Å². The highest BCUT2D eigenvalue weighted by atomic mass is 19.1. The molecule has 24 heavy (non-hydrogen) atoms. The van der Waals surface area contributed by atoms with Gasteiger partial charge >= 0.3 is 0 Å². The summed E-state index contributed by atoms with van der Waals surface area (Å²) in [4.78, 5) is 18.5. The number of halogens is 2. The summed E-state index contributed by atoms with van der Waals surface area (Å²) in [7, 11) is 0. The molecule has 2 fully saturated rings. The van der Waals surface area contributed by atoms with E-state index >= 15 is 0 Å². The van der Waals surface area contributed by atoms with Gasteiger partial charge in [0.05, 0.1) is 0 Å². The minimum atomic E-state index is -0.517. The van der Waals surface area contributed by atoms with Gasteiger partial charge in [0.15, 0.2) is 0 Å². The lowest BCUT2D eigenvalue weighted by molar-refractivity contribution is -0.130. The molecule has 132 valence electrons. The van der Waals surface area contributed by atoms with E-state index in [-0.39, 0.29) is 18.0 Å². The molecule has 2 aliphatic rings. The van der Waals surface area contributed by atoms with Crippen LogP contribution >= 0.6 is 0 Å². The predicted molar refractivity (Wildman–Crippen MR) is 88.5 cm³/mol. The SMILES string of the molecule is O=C1CCN(Cc2c(F)cccc2F)CCN1CCN1CCCC1. The first-order valence-corrected chi connectivity index (χ1v) is 8.79. The molecular weight excluding hydrogens is 312 g/mol. The maximum atomic E-state index is 13.8. The first kappa shape index (κ1) is 17.3. The summed E-state index contributed by atoms with van der Waals surface area (Å²) in [5.74, 6) is -0.890. The number of carbonyl (C=O) groups excluding carboxylic acids is 1. The van der Waals surface area contributed by atoms with Gasteiger partial charge in [0.2, 0.25) is 5.91 Å². The molecule has 0 aliphatic carbocycles. The van der Waals surface area contributed by atoms with E-state index in [2.05, 4.69) is 4.90 Å². The lowest BCUT2D eigenvalue weighted by Gasteiger charge is -2.24. The highest BCUT2D eigenvalue weighted by Crippen LogP contribution is 2.16. The Balaban J connectivity index is 1.54. The van der Waals surface area contributed by atoms with Crippen molar-refractivity contribution < 1.29 is 13.6 Å². The minimum absolute atomic E-state index is 0.0930. The molecule has 2 heterocycles. The largest absolute Gasteiger partial charge is 0.340 e. The number of benzene rings is 1. The molecule has 1 aromatic rings. The molecule has 6 heteroatoms. The fraction of sp³-hybridized carbons (Fsp3) is 0.611. The Kier molecular flexibility index (Phi) is 5.79. The molecule has 0 bridgehead atoms. The van der Waals surface area contributed by atoms with Crippen molar-refractivity contribution in [3.63, 3.8) is 0 Å². The fourth-order valence-corrected chi connectivity index (χ4v) is 3.48. The number of rotatable bonds is 5. The van der Waals surface area contributed by atoms with Crippen LogP contribution in [0.3, 0.4) is 0 Å².